The molecule has 0 spiro atoms. The summed E-state index contributed by atoms with van der Waals surface area (Å²) < 4.78 is 10.5. The van der Waals surface area contributed by atoms with Crippen LogP contribution in [0.2, 0.25) is 0 Å². The highest BCUT2D eigenvalue weighted by Gasteiger charge is 2.21. The SMILES string of the molecule is CCc1ccc(/C=C(\Cc2ccccc2)C(OC(C)=O)OC(C)=O)cc1. The molecule has 26 heavy (non-hydrogen) atoms. The van der Waals surface area contributed by atoms with Crippen LogP contribution in [0.1, 0.15) is 37.5 Å². The molecule has 0 saturated heterocycles. The van der Waals surface area contributed by atoms with Gasteiger partial charge in [-0.05, 0) is 29.2 Å². The first kappa shape index (κ1) is 19.4. The minimum absolute atomic E-state index is 0.502. The standard InChI is InChI=1S/C22H24O4/c1-4-18-10-12-20(13-11-18)15-21(14-19-8-6-5-7-9-19)22(25-16(2)23)26-17(3)24/h5-13,15,22H,4,14H2,1-3H3/b21-15+. The second kappa shape index (κ2) is 9.56. The molecule has 0 aliphatic heterocycles. The van der Waals surface area contributed by atoms with Crippen molar-refractivity contribution in [2.75, 3.05) is 0 Å². The van der Waals surface area contributed by atoms with Crippen LogP contribution in [-0.2, 0) is 31.9 Å². The van der Waals surface area contributed by atoms with Crippen molar-refractivity contribution in [3.8, 4) is 0 Å². The molecular formula is C22H24O4. The highest BCUT2D eigenvalue weighted by atomic mass is 16.7. The Hall–Kier alpha value is -2.88. The number of carbonyl (C=O) groups is 2. The van der Waals surface area contributed by atoms with E-state index in [9.17, 15) is 9.59 Å². The van der Waals surface area contributed by atoms with E-state index in [1.165, 1.54) is 19.4 Å². The van der Waals surface area contributed by atoms with Gasteiger partial charge in [-0.15, -0.1) is 0 Å². The van der Waals surface area contributed by atoms with Crippen LogP contribution in [-0.4, -0.2) is 18.2 Å². The third-order valence-corrected chi connectivity index (χ3v) is 3.84. The first-order valence-electron chi connectivity index (χ1n) is 8.65. The summed E-state index contributed by atoms with van der Waals surface area (Å²) in [4.78, 5) is 23.0. The molecule has 0 N–H and O–H groups in total. The predicted molar refractivity (Wildman–Crippen MR) is 101 cm³/mol. The van der Waals surface area contributed by atoms with Crippen LogP contribution in [0.25, 0.3) is 6.08 Å². The maximum absolute atomic E-state index is 11.5. The van der Waals surface area contributed by atoms with Crippen molar-refractivity contribution in [2.24, 2.45) is 0 Å². The number of aryl methyl sites for hydroxylation is 1. The lowest BCUT2D eigenvalue weighted by molar-refractivity contribution is -0.178. The van der Waals surface area contributed by atoms with E-state index in [1.54, 1.807) is 0 Å². The van der Waals surface area contributed by atoms with Crippen molar-refractivity contribution < 1.29 is 19.1 Å². The summed E-state index contributed by atoms with van der Waals surface area (Å²) in [6.07, 6.45) is 2.32. The van der Waals surface area contributed by atoms with Gasteiger partial charge in [-0.2, -0.15) is 0 Å². The smallest absolute Gasteiger partial charge is 0.305 e. The molecule has 0 bridgehead atoms. The van der Waals surface area contributed by atoms with E-state index in [-0.39, 0.29) is 0 Å². The molecule has 4 nitrogen and oxygen atoms in total. The predicted octanol–water partition coefficient (Wildman–Crippen LogP) is 4.33. The van der Waals surface area contributed by atoms with Crippen LogP contribution in [0.4, 0.5) is 0 Å². The first-order chi connectivity index (χ1) is 12.5. The topological polar surface area (TPSA) is 52.6 Å². The van der Waals surface area contributed by atoms with Crippen LogP contribution >= 0.6 is 0 Å². The van der Waals surface area contributed by atoms with E-state index < -0.39 is 18.2 Å². The number of benzene rings is 2. The molecule has 0 heterocycles. The van der Waals surface area contributed by atoms with E-state index in [1.807, 2.05) is 48.5 Å². The molecule has 2 aromatic rings. The lowest BCUT2D eigenvalue weighted by Gasteiger charge is -2.20. The monoisotopic (exact) mass is 352 g/mol. The Morgan fingerprint density at radius 2 is 1.46 bits per heavy atom. The summed E-state index contributed by atoms with van der Waals surface area (Å²) in [6, 6.07) is 17.9. The molecule has 0 unspecified atom stereocenters. The van der Waals surface area contributed by atoms with Crippen LogP contribution < -0.4 is 0 Å². The van der Waals surface area contributed by atoms with Crippen molar-refractivity contribution in [2.45, 2.75) is 39.9 Å². The maximum Gasteiger partial charge on any atom is 0.305 e. The van der Waals surface area contributed by atoms with Gasteiger partial charge >= 0.3 is 11.9 Å². The molecular weight excluding hydrogens is 328 g/mol. The van der Waals surface area contributed by atoms with Crippen LogP contribution in [0.5, 0.6) is 0 Å². The van der Waals surface area contributed by atoms with E-state index in [0.717, 1.165) is 17.5 Å². The first-order valence-corrected chi connectivity index (χ1v) is 8.65. The fraction of sp³-hybridized carbons (Fsp3) is 0.273. The number of ether oxygens (including phenoxy) is 2. The average Bonchev–Trinajstić information content (AvgIpc) is 2.61. The van der Waals surface area contributed by atoms with Gasteiger partial charge in [0, 0.05) is 25.8 Å². The third-order valence-electron chi connectivity index (χ3n) is 3.84. The Labute approximate surface area is 154 Å². The highest BCUT2D eigenvalue weighted by Crippen LogP contribution is 2.20. The van der Waals surface area contributed by atoms with Crippen molar-refractivity contribution in [1.82, 2.24) is 0 Å². The second-order valence-electron chi connectivity index (χ2n) is 6.03. The molecule has 0 atom stereocenters. The van der Waals surface area contributed by atoms with Gasteiger partial charge in [-0.25, -0.2) is 0 Å². The van der Waals surface area contributed by atoms with E-state index in [0.29, 0.717) is 12.0 Å². The quantitative estimate of drug-likeness (QED) is 0.550. The van der Waals surface area contributed by atoms with Gasteiger partial charge < -0.3 is 9.47 Å². The number of hydrogen-bond donors (Lipinski definition) is 0. The van der Waals surface area contributed by atoms with Gasteiger partial charge in [-0.1, -0.05) is 61.5 Å². The normalized spacial score (nSPS) is 11.3. The fourth-order valence-electron chi connectivity index (χ4n) is 2.57. The molecule has 0 radical (unpaired) electrons. The van der Waals surface area contributed by atoms with Crippen molar-refractivity contribution in [3.05, 3.63) is 76.9 Å². The van der Waals surface area contributed by atoms with E-state index in [2.05, 4.69) is 19.1 Å². The summed E-state index contributed by atoms with van der Waals surface area (Å²) in [5.41, 5.74) is 3.93. The molecule has 0 aliphatic rings. The Balaban J connectivity index is 2.38. The number of rotatable bonds is 7. The number of hydrogen-bond acceptors (Lipinski definition) is 4. The highest BCUT2D eigenvalue weighted by molar-refractivity contribution is 5.69. The summed E-state index contributed by atoms with van der Waals surface area (Å²) in [5.74, 6) is -1.01. The molecule has 0 fully saturated rings. The molecule has 2 rings (SSSR count). The summed E-state index contributed by atoms with van der Waals surface area (Å²) in [5, 5.41) is 0. The molecule has 4 heteroatoms. The van der Waals surface area contributed by atoms with Gasteiger partial charge in [0.05, 0.1) is 0 Å². The van der Waals surface area contributed by atoms with E-state index in [4.69, 9.17) is 9.47 Å². The van der Waals surface area contributed by atoms with Gasteiger partial charge in [0.15, 0.2) is 0 Å². The molecule has 0 saturated carbocycles. The van der Waals surface area contributed by atoms with E-state index >= 15 is 0 Å². The molecule has 0 aliphatic carbocycles. The number of carbonyl (C=O) groups excluding carboxylic acids is 2. The Morgan fingerprint density at radius 1 is 0.885 bits per heavy atom. The zero-order valence-corrected chi connectivity index (χ0v) is 15.4. The molecule has 136 valence electrons. The van der Waals surface area contributed by atoms with Gasteiger partial charge in [0.25, 0.3) is 6.29 Å². The maximum atomic E-state index is 11.5. The van der Waals surface area contributed by atoms with Gasteiger partial charge in [0.2, 0.25) is 0 Å². The van der Waals surface area contributed by atoms with Gasteiger partial charge in [-0.3, -0.25) is 9.59 Å². The van der Waals surface area contributed by atoms with Crippen molar-refractivity contribution in [1.29, 1.82) is 0 Å². The van der Waals surface area contributed by atoms with Crippen LogP contribution in [0, 0.1) is 0 Å². The Kier molecular flexibility index (Phi) is 7.15. The lowest BCUT2D eigenvalue weighted by atomic mass is 10.0. The third kappa shape index (κ3) is 6.20. The van der Waals surface area contributed by atoms with Gasteiger partial charge in [0.1, 0.15) is 0 Å². The summed E-state index contributed by atoms with van der Waals surface area (Å²) in [7, 11) is 0. The molecule has 0 aromatic heterocycles. The average molecular weight is 352 g/mol. The minimum atomic E-state index is -1.05. The minimum Gasteiger partial charge on any atom is -0.421 e. The van der Waals surface area contributed by atoms with Crippen molar-refractivity contribution in [3.63, 3.8) is 0 Å². The largest absolute Gasteiger partial charge is 0.421 e. The van der Waals surface area contributed by atoms with Crippen molar-refractivity contribution >= 4 is 18.0 Å². The lowest BCUT2D eigenvalue weighted by Crippen LogP contribution is -2.25. The zero-order chi connectivity index (χ0) is 18.9. The number of esters is 2. The van der Waals surface area contributed by atoms with Crippen LogP contribution in [0.15, 0.2) is 60.2 Å². The summed E-state index contributed by atoms with van der Waals surface area (Å²) in [6.45, 7) is 4.70. The fourth-order valence-corrected chi connectivity index (χ4v) is 2.57. The van der Waals surface area contributed by atoms with Crippen LogP contribution in [0.3, 0.4) is 0 Å². The Bertz CT molecular complexity index is 744. The molecule has 0 amide bonds. The Morgan fingerprint density at radius 3 is 1.96 bits per heavy atom. The summed E-state index contributed by atoms with van der Waals surface area (Å²) >= 11 is 0. The zero-order valence-electron chi connectivity index (χ0n) is 15.4. The second-order valence-corrected chi connectivity index (χ2v) is 6.03. The molecule has 2 aromatic carbocycles.